The predicted molar refractivity (Wildman–Crippen MR) is 141 cm³/mol. The van der Waals surface area contributed by atoms with Gasteiger partial charge in [-0.1, -0.05) is 53.5 Å². The molecular weight excluding hydrogens is 573 g/mol. The fraction of sp³-hybridized carbons (Fsp3) is 0.120. The van der Waals surface area contributed by atoms with Crippen molar-refractivity contribution in [3.05, 3.63) is 95.9 Å². The van der Waals surface area contributed by atoms with Crippen molar-refractivity contribution in [2.45, 2.75) is 13.5 Å². The normalized spacial score (nSPS) is 10.9. The van der Waals surface area contributed by atoms with E-state index in [4.69, 9.17) is 32.7 Å². The number of nitrogens with zero attached hydrogens (tertiary/aromatic N) is 2. The van der Waals surface area contributed by atoms with Crippen molar-refractivity contribution in [1.82, 2.24) is 0 Å². The molecule has 0 bridgehead atoms. The molecule has 0 saturated carbocycles. The second kappa shape index (κ2) is 12.4. The molecule has 0 aliphatic carbocycles. The van der Waals surface area contributed by atoms with Gasteiger partial charge in [-0.2, -0.15) is 5.26 Å². The van der Waals surface area contributed by atoms with Gasteiger partial charge in [-0.25, -0.2) is 0 Å². The topological polar surface area (TPSA) is 114 Å². The highest BCUT2D eigenvalue weighted by molar-refractivity contribution is 9.10. The second-order valence-corrected chi connectivity index (χ2v) is 8.87. The van der Waals surface area contributed by atoms with Crippen LogP contribution in [0, 0.1) is 21.4 Å². The quantitative estimate of drug-likeness (QED) is 0.122. The van der Waals surface area contributed by atoms with Crippen LogP contribution < -0.4 is 14.8 Å². The number of ether oxygens (including phenoxy) is 2. The van der Waals surface area contributed by atoms with Crippen molar-refractivity contribution in [2.75, 3.05) is 11.9 Å². The Hall–Kier alpha value is -3.58. The van der Waals surface area contributed by atoms with Gasteiger partial charge in [0, 0.05) is 12.1 Å². The third-order valence-electron chi connectivity index (χ3n) is 4.71. The maximum absolute atomic E-state index is 12.8. The fourth-order valence-electron chi connectivity index (χ4n) is 3.08. The van der Waals surface area contributed by atoms with Crippen LogP contribution >= 0.6 is 39.1 Å². The number of nitrogens with one attached hydrogen (secondary N) is 1. The van der Waals surface area contributed by atoms with E-state index in [1.165, 1.54) is 6.08 Å². The number of halogens is 3. The Balaban J connectivity index is 1.88. The summed E-state index contributed by atoms with van der Waals surface area (Å²) in [5.41, 5.74) is 0.832. The highest BCUT2D eigenvalue weighted by Gasteiger charge is 2.19. The van der Waals surface area contributed by atoms with Gasteiger partial charge >= 0.3 is 0 Å². The van der Waals surface area contributed by atoms with Crippen molar-refractivity contribution in [1.29, 1.82) is 5.26 Å². The molecule has 11 heteroatoms. The molecular formula is C25H18BrCl2N3O5. The number of hydrogen-bond acceptors (Lipinski definition) is 6. The molecule has 184 valence electrons. The molecule has 0 spiro atoms. The smallest absolute Gasteiger partial charge is 0.272 e. The van der Waals surface area contributed by atoms with E-state index in [2.05, 4.69) is 21.2 Å². The first-order chi connectivity index (χ1) is 17.2. The van der Waals surface area contributed by atoms with E-state index in [0.29, 0.717) is 34.7 Å². The first-order valence-corrected chi connectivity index (χ1v) is 12.0. The molecule has 0 unspecified atom stereocenters. The number of carbonyl (C=O) groups is 1. The van der Waals surface area contributed by atoms with Crippen molar-refractivity contribution in [3.8, 4) is 17.6 Å². The van der Waals surface area contributed by atoms with Gasteiger partial charge in [0.05, 0.1) is 31.7 Å². The van der Waals surface area contributed by atoms with Crippen LogP contribution in [0.1, 0.15) is 18.1 Å². The molecule has 0 aromatic heterocycles. The monoisotopic (exact) mass is 589 g/mol. The van der Waals surface area contributed by atoms with Gasteiger partial charge in [-0.05, 0) is 52.2 Å². The lowest BCUT2D eigenvalue weighted by Crippen LogP contribution is -2.14. The molecule has 0 heterocycles. The van der Waals surface area contributed by atoms with E-state index < -0.39 is 10.8 Å². The van der Waals surface area contributed by atoms with E-state index in [-0.39, 0.29) is 27.0 Å². The minimum atomic E-state index is -0.798. The lowest BCUT2D eigenvalue weighted by atomic mass is 10.1. The van der Waals surface area contributed by atoms with Gasteiger partial charge in [0.25, 0.3) is 11.6 Å². The summed E-state index contributed by atoms with van der Waals surface area (Å²) in [4.78, 5) is 23.1. The molecule has 1 N–H and O–H groups in total. The van der Waals surface area contributed by atoms with Gasteiger partial charge in [-0.15, -0.1) is 0 Å². The Morgan fingerprint density at radius 2 is 1.83 bits per heavy atom. The maximum Gasteiger partial charge on any atom is 0.272 e. The number of anilines is 1. The zero-order chi connectivity index (χ0) is 26.2. The number of nitro groups is 1. The highest BCUT2D eigenvalue weighted by Crippen LogP contribution is 2.38. The number of hydrogen-bond donors (Lipinski definition) is 1. The number of benzene rings is 3. The number of carbonyl (C=O) groups excluding carboxylic acids is 1. The van der Waals surface area contributed by atoms with Gasteiger partial charge < -0.3 is 14.8 Å². The van der Waals surface area contributed by atoms with E-state index >= 15 is 0 Å². The molecule has 3 aromatic carbocycles. The SMILES string of the molecule is CCOc1cc(/C=C(\C#N)C(=O)Nc2c(Cl)cc([N+](=O)[O-])cc2Cl)cc(Br)c1OCc1ccccc1. The number of nitriles is 1. The summed E-state index contributed by atoms with van der Waals surface area (Å²) in [6.45, 7) is 2.50. The Morgan fingerprint density at radius 1 is 1.17 bits per heavy atom. The summed E-state index contributed by atoms with van der Waals surface area (Å²) >= 11 is 15.6. The van der Waals surface area contributed by atoms with Crippen LogP contribution in [-0.4, -0.2) is 17.4 Å². The van der Waals surface area contributed by atoms with Crippen LogP contribution in [0.3, 0.4) is 0 Å². The van der Waals surface area contributed by atoms with Crippen LogP contribution in [0.25, 0.3) is 6.08 Å². The summed E-state index contributed by atoms with van der Waals surface area (Å²) in [5.74, 6) is 0.104. The first-order valence-electron chi connectivity index (χ1n) is 10.4. The number of rotatable bonds is 9. The molecule has 0 atom stereocenters. The molecule has 0 fully saturated rings. The Labute approximate surface area is 225 Å². The number of amides is 1. The molecule has 8 nitrogen and oxygen atoms in total. The standard InChI is InChI=1S/C25H18BrCl2N3O5/c1-2-35-22-10-16(9-19(26)24(22)36-14-15-6-4-3-5-7-15)8-17(13-29)25(32)30-23-20(27)11-18(31(33)34)12-21(23)28/h3-12H,2,14H2,1H3,(H,30,32)/b17-8+. The Kier molecular flexibility index (Phi) is 9.31. The largest absolute Gasteiger partial charge is 0.490 e. The number of non-ortho nitro benzene ring substituents is 1. The van der Waals surface area contributed by atoms with E-state index in [1.54, 1.807) is 12.1 Å². The van der Waals surface area contributed by atoms with Crippen molar-refractivity contribution < 1.29 is 19.2 Å². The van der Waals surface area contributed by atoms with Gasteiger partial charge in [0.2, 0.25) is 0 Å². The van der Waals surface area contributed by atoms with Gasteiger partial charge in [0.1, 0.15) is 18.2 Å². The van der Waals surface area contributed by atoms with Gasteiger partial charge in [-0.3, -0.25) is 14.9 Å². The van der Waals surface area contributed by atoms with E-state index in [0.717, 1.165) is 17.7 Å². The minimum Gasteiger partial charge on any atom is -0.490 e. The maximum atomic E-state index is 12.8. The van der Waals surface area contributed by atoms with Crippen molar-refractivity contribution in [3.63, 3.8) is 0 Å². The van der Waals surface area contributed by atoms with Crippen LogP contribution in [0.15, 0.2) is 64.6 Å². The van der Waals surface area contributed by atoms with E-state index in [1.807, 2.05) is 43.3 Å². The molecule has 0 saturated heterocycles. The van der Waals surface area contributed by atoms with Crippen molar-refractivity contribution >= 4 is 62.5 Å². The summed E-state index contributed by atoms with van der Waals surface area (Å²) < 4.78 is 12.2. The van der Waals surface area contributed by atoms with Crippen LogP contribution in [0.4, 0.5) is 11.4 Å². The van der Waals surface area contributed by atoms with Crippen LogP contribution in [0.2, 0.25) is 10.0 Å². The average Bonchev–Trinajstić information content (AvgIpc) is 2.84. The van der Waals surface area contributed by atoms with E-state index in [9.17, 15) is 20.2 Å². The third-order valence-corrected chi connectivity index (χ3v) is 5.90. The average molecular weight is 591 g/mol. The lowest BCUT2D eigenvalue weighted by Gasteiger charge is -2.15. The van der Waals surface area contributed by atoms with Crippen molar-refractivity contribution in [2.24, 2.45) is 0 Å². The summed E-state index contributed by atoms with van der Waals surface area (Å²) in [6, 6.07) is 16.9. The zero-order valence-corrected chi connectivity index (χ0v) is 21.9. The fourth-order valence-corrected chi connectivity index (χ4v) is 4.23. The Bertz CT molecular complexity index is 1350. The molecule has 0 aliphatic heterocycles. The summed E-state index contributed by atoms with van der Waals surface area (Å²) in [6.07, 6.45) is 1.36. The molecule has 3 aromatic rings. The van der Waals surface area contributed by atoms with Crippen LogP contribution in [-0.2, 0) is 11.4 Å². The van der Waals surface area contributed by atoms with Crippen LogP contribution in [0.5, 0.6) is 11.5 Å². The molecule has 0 aliphatic rings. The molecule has 1 amide bonds. The number of nitro benzene ring substituents is 1. The Morgan fingerprint density at radius 3 is 2.42 bits per heavy atom. The minimum absolute atomic E-state index is 0.0454. The highest BCUT2D eigenvalue weighted by atomic mass is 79.9. The first kappa shape index (κ1) is 27.0. The molecule has 3 rings (SSSR count). The second-order valence-electron chi connectivity index (χ2n) is 7.20. The summed E-state index contributed by atoms with van der Waals surface area (Å²) in [5, 5.41) is 22.7. The lowest BCUT2D eigenvalue weighted by molar-refractivity contribution is -0.384. The molecule has 36 heavy (non-hydrogen) atoms. The van der Waals surface area contributed by atoms with Gasteiger partial charge in [0.15, 0.2) is 11.5 Å². The predicted octanol–water partition coefficient (Wildman–Crippen LogP) is 7.19. The zero-order valence-electron chi connectivity index (χ0n) is 18.8. The summed E-state index contributed by atoms with van der Waals surface area (Å²) in [7, 11) is 0. The molecule has 0 radical (unpaired) electrons. The third kappa shape index (κ3) is 6.76.